The zero-order valence-electron chi connectivity index (χ0n) is 9.86. The average Bonchev–Trinajstić information content (AvgIpc) is 2.10. The molecule has 1 unspecified atom stereocenters. The molecule has 3 heteroatoms. The minimum absolute atomic E-state index is 0.0323. The van der Waals surface area contributed by atoms with Crippen LogP contribution in [0.4, 0.5) is 8.78 Å². The van der Waals surface area contributed by atoms with Crippen molar-refractivity contribution < 1.29 is 8.78 Å². The molecule has 1 rings (SSSR count). The van der Waals surface area contributed by atoms with Gasteiger partial charge in [0.15, 0.2) is 0 Å². The number of hydrogen-bond donors (Lipinski definition) is 0. The van der Waals surface area contributed by atoms with Gasteiger partial charge in [0, 0.05) is 11.9 Å². The van der Waals surface area contributed by atoms with Crippen LogP contribution in [0, 0.1) is 23.0 Å². The summed E-state index contributed by atoms with van der Waals surface area (Å²) in [5.74, 6) is -0.369. The summed E-state index contributed by atoms with van der Waals surface area (Å²) in [6, 6.07) is 3.62. The molecule has 90 valence electrons. The second-order valence-corrected chi connectivity index (χ2v) is 5.51. The number of halogens is 3. The molecule has 0 aliphatic carbocycles. The van der Waals surface area contributed by atoms with Crippen LogP contribution in [0.5, 0.6) is 0 Å². The van der Waals surface area contributed by atoms with Gasteiger partial charge in [0.2, 0.25) is 0 Å². The van der Waals surface area contributed by atoms with Gasteiger partial charge in [-0.05, 0) is 35.4 Å². The molecule has 0 aliphatic rings. The van der Waals surface area contributed by atoms with E-state index < -0.39 is 11.6 Å². The molecule has 16 heavy (non-hydrogen) atoms. The van der Waals surface area contributed by atoms with Gasteiger partial charge in [-0.25, -0.2) is 8.78 Å². The highest BCUT2D eigenvalue weighted by atomic mass is 35.5. The van der Waals surface area contributed by atoms with Crippen molar-refractivity contribution in [3.05, 3.63) is 35.4 Å². The van der Waals surface area contributed by atoms with Crippen molar-refractivity contribution in [2.75, 3.05) is 5.88 Å². The minimum atomic E-state index is -0.530. The van der Waals surface area contributed by atoms with Crippen molar-refractivity contribution in [3.63, 3.8) is 0 Å². The summed E-state index contributed by atoms with van der Waals surface area (Å²) in [7, 11) is 0. The Hall–Kier alpha value is -0.630. The molecule has 0 fully saturated rings. The first kappa shape index (κ1) is 13.4. The molecule has 0 saturated carbocycles. The maximum atomic E-state index is 13.0. The average molecular weight is 247 g/mol. The highest BCUT2D eigenvalue weighted by Crippen LogP contribution is 2.30. The van der Waals surface area contributed by atoms with E-state index in [1.54, 1.807) is 0 Å². The molecular formula is C13H17ClF2. The van der Waals surface area contributed by atoms with Gasteiger partial charge in [-0.2, -0.15) is 0 Å². The Bertz CT molecular complexity index is 335. The smallest absolute Gasteiger partial charge is 0.126 e. The Balaban J connectivity index is 2.86. The lowest BCUT2D eigenvalue weighted by atomic mass is 9.78. The quantitative estimate of drug-likeness (QED) is 0.693. The summed E-state index contributed by atoms with van der Waals surface area (Å²) in [6.45, 7) is 6.24. The second-order valence-electron chi connectivity index (χ2n) is 5.20. The second kappa shape index (κ2) is 5.13. The molecule has 1 aromatic carbocycles. The van der Waals surface area contributed by atoms with Crippen LogP contribution in [0.25, 0.3) is 0 Å². The van der Waals surface area contributed by atoms with Crippen molar-refractivity contribution in [2.45, 2.75) is 27.2 Å². The molecule has 1 atom stereocenters. The lowest BCUT2D eigenvalue weighted by Gasteiger charge is -2.29. The molecule has 0 bridgehead atoms. The zero-order valence-corrected chi connectivity index (χ0v) is 10.6. The molecule has 0 aliphatic heterocycles. The summed E-state index contributed by atoms with van der Waals surface area (Å²) >= 11 is 5.89. The van der Waals surface area contributed by atoms with Crippen molar-refractivity contribution in [3.8, 4) is 0 Å². The van der Waals surface area contributed by atoms with Crippen LogP contribution in [0.1, 0.15) is 26.3 Å². The lowest BCUT2D eigenvalue weighted by Crippen LogP contribution is -2.24. The summed E-state index contributed by atoms with van der Waals surface area (Å²) < 4.78 is 26.0. The van der Waals surface area contributed by atoms with Crippen LogP contribution in [-0.2, 0) is 6.42 Å². The summed E-state index contributed by atoms with van der Waals surface area (Å²) in [5, 5.41) is 0. The Morgan fingerprint density at radius 1 is 1.12 bits per heavy atom. The predicted molar refractivity (Wildman–Crippen MR) is 63.7 cm³/mol. The highest BCUT2D eigenvalue weighted by Gasteiger charge is 2.24. The van der Waals surface area contributed by atoms with Crippen LogP contribution < -0.4 is 0 Å². The Labute approximate surface area is 101 Å². The van der Waals surface area contributed by atoms with E-state index in [9.17, 15) is 8.78 Å². The molecule has 0 aromatic heterocycles. The monoisotopic (exact) mass is 246 g/mol. The fourth-order valence-electron chi connectivity index (χ4n) is 1.61. The number of benzene rings is 1. The standard InChI is InChI=1S/C13H17ClF2/c1-13(2,3)10(8-14)4-9-5-11(15)7-12(16)6-9/h5-7,10H,4,8H2,1-3H3. The predicted octanol–water partition coefficient (Wildman–Crippen LogP) is 4.41. The van der Waals surface area contributed by atoms with E-state index in [2.05, 4.69) is 20.8 Å². The fourth-order valence-corrected chi connectivity index (χ4v) is 2.18. The molecule has 0 spiro atoms. The molecule has 0 saturated heterocycles. The van der Waals surface area contributed by atoms with Crippen molar-refractivity contribution in [1.29, 1.82) is 0 Å². The van der Waals surface area contributed by atoms with Gasteiger partial charge in [0.05, 0.1) is 0 Å². The van der Waals surface area contributed by atoms with Crippen LogP contribution in [0.3, 0.4) is 0 Å². The number of hydrogen-bond acceptors (Lipinski definition) is 0. The molecule has 0 heterocycles. The van der Waals surface area contributed by atoms with Gasteiger partial charge in [-0.15, -0.1) is 11.6 Å². The highest BCUT2D eigenvalue weighted by molar-refractivity contribution is 6.18. The molecule has 1 aromatic rings. The van der Waals surface area contributed by atoms with Crippen LogP contribution in [0.15, 0.2) is 18.2 Å². The van der Waals surface area contributed by atoms with Gasteiger partial charge in [0.25, 0.3) is 0 Å². The Kier molecular flexibility index (Phi) is 4.31. The van der Waals surface area contributed by atoms with E-state index in [1.807, 2.05) is 0 Å². The summed E-state index contributed by atoms with van der Waals surface area (Å²) in [5.41, 5.74) is 0.697. The molecule has 0 radical (unpaired) electrons. The largest absolute Gasteiger partial charge is 0.207 e. The maximum absolute atomic E-state index is 13.0. The van der Waals surface area contributed by atoms with Crippen LogP contribution in [-0.4, -0.2) is 5.88 Å². The first-order chi connectivity index (χ1) is 7.32. The van der Waals surface area contributed by atoms with Crippen LogP contribution in [0.2, 0.25) is 0 Å². The fraction of sp³-hybridized carbons (Fsp3) is 0.538. The van der Waals surface area contributed by atoms with E-state index in [0.29, 0.717) is 17.9 Å². The van der Waals surface area contributed by atoms with Gasteiger partial charge >= 0.3 is 0 Å². The molecular weight excluding hydrogens is 230 g/mol. The van der Waals surface area contributed by atoms with Gasteiger partial charge in [-0.1, -0.05) is 20.8 Å². The number of rotatable bonds is 3. The molecule has 0 N–H and O–H groups in total. The Morgan fingerprint density at radius 3 is 2.00 bits per heavy atom. The Morgan fingerprint density at radius 2 is 1.62 bits per heavy atom. The SMILES string of the molecule is CC(C)(C)C(CCl)Cc1cc(F)cc(F)c1. The normalized spacial score (nSPS) is 13.9. The van der Waals surface area contributed by atoms with Gasteiger partial charge < -0.3 is 0 Å². The lowest BCUT2D eigenvalue weighted by molar-refractivity contribution is 0.263. The third-order valence-electron chi connectivity index (χ3n) is 2.82. The topological polar surface area (TPSA) is 0 Å². The third-order valence-corrected chi connectivity index (χ3v) is 3.19. The summed E-state index contributed by atoms with van der Waals surface area (Å²) in [6.07, 6.45) is 0.599. The van der Waals surface area contributed by atoms with Gasteiger partial charge in [-0.3, -0.25) is 0 Å². The van der Waals surface area contributed by atoms with Crippen LogP contribution >= 0.6 is 11.6 Å². The summed E-state index contributed by atoms with van der Waals surface area (Å²) in [4.78, 5) is 0. The van der Waals surface area contributed by atoms with Crippen molar-refractivity contribution >= 4 is 11.6 Å². The van der Waals surface area contributed by atoms with E-state index in [0.717, 1.165) is 6.07 Å². The molecule has 0 nitrogen and oxygen atoms in total. The zero-order chi connectivity index (χ0) is 12.3. The van der Waals surface area contributed by atoms with Crippen molar-refractivity contribution in [2.24, 2.45) is 11.3 Å². The third kappa shape index (κ3) is 3.75. The first-order valence-electron chi connectivity index (χ1n) is 5.34. The van der Waals surface area contributed by atoms with E-state index in [1.165, 1.54) is 12.1 Å². The minimum Gasteiger partial charge on any atom is -0.207 e. The molecule has 0 amide bonds. The van der Waals surface area contributed by atoms with Gasteiger partial charge in [0.1, 0.15) is 11.6 Å². The van der Waals surface area contributed by atoms with Crippen molar-refractivity contribution in [1.82, 2.24) is 0 Å². The number of alkyl halides is 1. The van der Waals surface area contributed by atoms with E-state index >= 15 is 0 Å². The van der Waals surface area contributed by atoms with E-state index in [4.69, 9.17) is 11.6 Å². The first-order valence-corrected chi connectivity index (χ1v) is 5.87. The van der Waals surface area contributed by atoms with E-state index in [-0.39, 0.29) is 11.3 Å². The maximum Gasteiger partial charge on any atom is 0.126 e.